The quantitative estimate of drug-likeness (QED) is 0.763. The molecule has 0 aliphatic rings. The summed E-state index contributed by atoms with van der Waals surface area (Å²) in [5.74, 6) is -1.36. The first kappa shape index (κ1) is 16.2. The minimum Gasteiger partial charge on any atom is -0.354 e. The van der Waals surface area contributed by atoms with E-state index in [-0.39, 0.29) is 31.0 Å². The van der Waals surface area contributed by atoms with E-state index in [4.69, 9.17) is 0 Å². The summed E-state index contributed by atoms with van der Waals surface area (Å²) in [5, 5.41) is 3.80. The summed E-state index contributed by atoms with van der Waals surface area (Å²) in [6, 6.07) is 13.6. The van der Waals surface area contributed by atoms with Crippen LogP contribution in [-0.4, -0.2) is 17.0 Å². The van der Waals surface area contributed by atoms with Crippen molar-refractivity contribution >= 4 is 16.8 Å². The van der Waals surface area contributed by atoms with Crippen molar-refractivity contribution in [3.05, 3.63) is 71.4 Å². The van der Waals surface area contributed by atoms with Crippen LogP contribution < -0.4 is 5.32 Å². The zero-order valence-corrected chi connectivity index (χ0v) is 13.4. The van der Waals surface area contributed by atoms with Gasteiger partial charge in [-0.3, -0.25) is 4.79 Å². The zero-order valence-electron chi connectivity index (χ0n) is 13.4. The lowest BCUT2D eigenvalue weighted by atomic mass is 10.1. The lowest BCUT2D eigenvalue weighted by Gasteiger charge is -2.10. The summed E-state index contributed by atoms with van der Waals surface area (Å²) in [7, 11) is 0. The molecule has 0 radical (unpaired) electrons. The normalized spacial score (nSPS) is 11.0. The maximum atomic E-state index is 13.6. The van der Waals surface area contributed by atoms with E-state index in [0.717, 1.165) is 16.6 Å². The molecule has 124 valence electrons. The molecule has 2 aromatic carbocycles. The minimum atomic E-state index is -0.587. The molecule has 0 aliphatic carbocycles. The van der Waals surface area contributed by atoms with Crippen LogP contribution in [0.4, 0.5) is 8.78 Å². The maximum Gasteiger partial charge on any atom is 0.239 e. The summed E-state index contributed by atoms with van der Waals surface area (Å²) < 4.78 is 29.0. The topological polar surface area (TPSA) is 34.0 Å². The lowest BCUT2D eigenvalue weighted by Crippen LogP contribution is -2.30. The molecule has 0 bridgehead atoms. The van der Waals surface area contributed by atoms with Gasteiger partial charge in [-0.05, 0) is 43.0 Å². The Kier molecular flexibility index (Phi) is 4.60. The van der Waals surface area contributed by atoms with Gasteiger partial charge in [0.25, 0.3) is 0 Å². The Morgan fingerprint density at radius 2 is 1.79 bits per heavy atom. The van der Waals surface area contributed by atoms with Gasteiger partial charge in [0.2, 0.25) is 5.91 Å². The molecule has 1 heterocycles. The summed E-state index contributed by atoms with van der Waals surface area (Å²) >= 11 is 0. The molecule has 0 aliphatic heterocycles. The Balaban J connectivity index is 1.63. The van der Waals surface area contributed by atoms with Gasteiger partial charge < -0.3 is 9.88 Å². The number of rotatable bonds is 5. The number of carbonyl (C=O) groups is 1. The van der Waals surface area contributed by atoms with Crippen molar-refractivity contribution in [3.8, 4) is 0 Å². The van der Waals surface area contributed by atoms with Crippen LogP contribution in [0, 0.1) is 18.6 Å². The Morgan fingerprint density at radius 3 is 2.54 bits per heavy atom. The molecule has 0 unspecified atom stereocenters. The molecule has 3 aromatic rings. The number of halogens is 2. The molecule has 3 nitrogen and oxygen atoms in total. The van der Waals surface area contributed by atoms with Gasteiger partial charge in [-0.15, -0.1) is 0 Å². The highest BCUT2D eigenvalue weighted by Crippen LogP contribution is 2.19. The molecule has 0 saturated heterocycles. The van der Waals surface area contributed by atoms with Crippen molar-refractivity contribution in [2.24, 2.45) is 0 Å². The number of amides is 1. The standard InChI is InChI=1S/C19H18F2N2O/c1-13-11-14-5-2-3-8-18(14)23(13)12-19(24)22-10-9-15-16(20)6-4-7-17(15)21/h2-8,11H,9-10,12H2,1H3,(H,22,24). The number of hydrogen-bond donors (Lipinski definition) is 1. The van der Waals surface area contributed by atoms with Gasteiger partial charge in [-0.25, -0.2) is 8.78 Å². The zero-order chi connectivity index (χ0) is 17.1. The summed E-state index contributed by atoms with van der Waals surface area (Å²) in [5.41, 5.74) is 1.98. The van der Waals surface area contributed by atoms with Gasteiger partial charge in [0.15, 0.2) is 0 Å². The highest BCUT2D eigenvalue weighted by atomic mass is 19.1. The third-order valence-electron chi connectivity index (χ3n) is 4.08. The van der Waals surface area contributed by atoms with E-state index in [2.05, 4.69) is 5.32 Å². The number of nitrogens with zero attached hydrogens (tertiary/aromatic N) is 1. The molecule has 1 aromatic heterocycles. The predicted octanol–water partition coefficient (Wildman–Crippen LogP) is 3.59. The lowest BCUT2D eigenvalue weighted by molar-refractivity contribution is -0.121. The van der Waals surface area contributed by atoms with Gasteiger partial charge in [-0.2, -0.15) is 0 Å². The van der Waals surface area contributed by atoms with E-state index in [9.17, 15) is 13.6 Å². The average molecular weight is 328 g/mol. The first-order chi connectivity index (χ1) is 11.6. The van der Waals surface area contributed by atoms with Crippen LogP contribution in [0.5, 0.6) is 0 Å². The summed E-state index contributed by atoms with van der Waals surface area (Å²) in [4.78, 5) is 12.1. The van der Waals surface area contributed by atoms with Crippen molar-refractivity contribution in [3.63, 3.8) is 0 Å². The average Bonchev–Trinajstić information content (AvgIpc) is 2.86. The molecule has 24 heavy (non-hydrogen) atoms. The molecular formula is C19H18F2N2O. The van der Waals surface area contributed by atoms with Crippen molar-refractivity contribution in [2.45, 2.75) is 19.9 Å². The van der Waals surface area contributed by atoms with Crippen LogP contribution in [0.3, 0.4) is 0 Å². The van der Waals surface area contributed by atoms with Crippen molar-refractivity contribution in [1.82, 2.24) is 9.88 Å². The fourth-order valence-corrected chi connectivity index (χ4v) is 2.86. The van der Waals surface area contributed by atoms with Gasteiger partial charge in [0.1, 0.15) is 18.2 Å². The second kappa shape index (κ2) is 6.83. The fraction of sp³-hybridized carbons (Fsp3) is 0.211. The largest absolute Gasteiger partial charge is 0.354 e. The third-order valence-corrected chi connectivity index (χ3v) is 4.08. The number of para-hydroxylation sites is 1. The first-order valence-corrected chi connectivity index (χ1v) is 7.80. The molecule has 0 fully saturated rings. The van der Waals surface area contributed by atoms with Gasteiger partial charge in [-0.1, -0.05) is 24.3 Å². The van der Waals surface area contributed by atoms with Crippen LogP contribution in [0.1, 0.15) is 11.3 Å². The van der Waals surface area contributed by atoms with E-state index >= 15 is 0 Å². The van der Waals surface area contributed by atoms with E-state index in [1.807, 2.05) is 41.8 Å². The summed E-state index contributed by atoms with van der Waals surface area (Å²) in [6.07, 6.45) is 0.121. The van der Waals surface area contributed by atoms with Crippen LogP contribution in [-0.2, 0) is 17.8 Å². The SMILES string of the molecule is Cc1cc2ccccc2n1CC(=O)NCCc1c(F)cccc1F. The number of carbonyl (C=O) groups excluding carboxylic acids is 1. The number of benzene rings is 2. The Morgan fingerprint density at radius 1 is 1.08 bits per heavy atom. The Bertz CT molecular complexity index is 866. The van der Waals surface area contributed by atoms with E-state index in [1.165, 1.54) is 18.2 Å². The molecular weight excluding hydrogens is 310 g/mol. The smallest absolute Gasteiger partial charge is 0.239 e. The molecule has 0 saturated carbocycles. The highest BCUT2D eigenvalue weighted by Gasteiger charge is 2.11. The van der Waals surface area contributed by atoms with Gasteiger partial charge in [0.05, 0.1) is 0 Å². The minimum absolute atomic E-state index is 0.000365. The van der Waals surface area contributed by atoms with Crippen molar-refractivity contribution < 1.29 is 13.6 Å². The maximum absolute atomic E-state index is 13.6. The number of aromatic nitrogens is 1. The molecule has 3 rings (SSSR count). The molecule has 5 heteroatoms. The van der Waals surface area contributed by atoms with Gasteiger partial charge >= 0.3 is 0 Å². The van der Waals surface area contributed by atoms with E-state index in [1.54, 1.807) is 0 Å². The fourth-order valence-electron chi connectivity index (χ4n) is 2.86. The number of fused-ring (bicyclic) bond motifs is 1. The summed E-state index contributed by atoms with van der Waals surface area (Å²) in [6.45, 7) is 2.32. The second-order valence-corrected chi connectivity index (χ2v) is 5.73. The predicted molar refractivity (Wildman–Crippen MR) is 89.7 cm³/mol. The van der Waals surface area contributed by atoms with Crippen LogP contribution in [0.15, 0.2) is 48.5 Å². The van der Waals surface area contributed by atoms with Crippen LogP contribution in [0.2, 0.25) is 0 Å². The van der Waals surface area contributed by atoms with Crippen molar-refractivity contribution in [2.75, 3.05) is 6.54 Å². The van der Waals surface area contributed by atoms with Crippen molar-refractivity contribution in [1.29, 1.82) is 0 Å². The third kappa shape index (κ3) is 3.30. The molecule has 1 amide bonds. The van der Waals surface area contributed by atoms with E-state index in [0.29, 0.717) is 0 Å². The molecule has 1 N–H and O–H groups in total. The van der Waals surface area contributed by atoms with Crippen LogP contribution in [0.25, 0.3) is 10.9 Å². The number of aryl methyl sites for hydroxylation is 1. The highest BCUT2D eigenvalue weighted by molar-refractivity contribution is 5.84. The van der Waals surface area contributed by atoms with E-state index < -0.39 is 11.6 Å². The van der Waals surface area contributed by atoms with Gasteiger partial charge in [0, 0.05) is 23.3 Å². The monoisotopic (exact) mass is 328 g/mol. The number of nitrogens with one attached hydrogen (secondary N) is 1. The molecule has 0 atom stereocenters. The number of hydrogen-bond acceptors (Lipinski definition) is 1. The Labute approximate surface area is 138 Å². The van der Waals surface area contributed by atoms with Crippen LogP contribution >= 0.6 is 0 Å². The first-order valence-electron chi connectivity index (χ1n) is 7.80. The second-order valence-electron chi connectivity index (χ2n) is 5.73. The Hall–Kier alpha value is -2.69. The molecule has 0 spiro atoms.